The lowest BCUT2D eigenvalue weighted by molar-refractivity contribution is -0.138. The van der Waals surface area contributed by atoms with Crippen molar-refractivity contribution in [3.05, 3.63) is 42.0 Å². The van der Waals surface area contributed by atoms with Gasteiger partial charge in [-0.05, 0) is 24.6 Å². The average molecular weight is 250 g/mol. The third-order valence-electron chi connectivity index (χ3n) is 2.19. The molecular formula is C14H18O4. The van der Waals surface area contributed by atoms with Gasteiger partial charge in [0.2, 0.25) is 0 Å². The SMILES string of the molecule is C=C(COc1cccc(COC)c1)C(=O)OCC. The van der Waals surface area contributed by atoms with E-state index in [9.17, 15) is 4.79 Å². The number of hydrogen-bond donors (Lipinski definition) is 0. The van der Waals surface area contributed by atoms with Crippen molar-refractivity contribution in [2.75, 3.05) is 20.3 Å². The van der Waals surface area contributed by atoms with Crippen LogP contribution in [0.1, 0.15) is 12.5 Å². The number of carbonyl (C=O) groups is 1. The van der Waals surface area contributed by atoms with E-state index in [0.29, 0.717) is 24.5 Å². The highest BCUT2D eigenvalue weighted by molar-refractivity contribution is 5.88. The first-order chi connectivity index (χ1) is 8.67. The molecule has 1 aromatic rings. The predicted octanol–water partition coefficient (Wildman–Crippen LogP) is 2.33. The van der Waals surface area contributed by atoms with E-state index in [2.05, 4.69) is 6.58 Å². The fourth-order valence-electron chi connectivity index (χ4n) is 1.35. The van der Waals surface area contributed by atoms with Crippen molar-refractivity contribution in [1.29, 1.82) is 0 Å². The van der Waals surface area contributed by atoms with Crippen LogP contribution in [0.5, 0.6) is 5.75 Å². The van der Waals surface area contributed by atoms with Crippen molar-refractivity contribution >= 4 is 5.97 Å². The third kappa shape index (κ3) is 4.59. The molecule has 0 unspecified atom stereocenters. The number of rotatable bonds is 7. The summed E-state index contributed by atoms with van der Waals surface area (Å²) in [6, 6.07) is 7.49. The van der Waals surface area contributed by atoms with Crippen LogP contribution in [0.15, 0.2) is 36.4 Å². The molecule has 0 radical (unpaired) electrons. The quantitative estimate of drug-likeness (QED) is 0.550. The second-order valence-electron chi connectivity index (χ2n) is 3.69. The standard InChI is InChI=1S/C14H18O4/c1-4-17-14(15)11(2)9-18-13-7-5-6-12(8-13)10-16-3/h5-8H,2,4,9-10H2,1,3H3. The van der Waals surface area contributed by atoms with Crippen LogP contribution in [0.4, 0.5) is 0 Å². The van der Waals surface area contributed by atoms with Crippen LogP contribution in [0.3, 0.4) is 0 Å². The Morgan fingerprint density at radius 1 is 1.39 bits per heavy atom. The first-order valence-electron chi connectivity index (χ1n) is 5.73. The molecule has 0 aliphatic rings. The molecule has 1 aromatic carbocycles. The van der Waals surface area contributed by atoms with Gasteiger partial charge >= 0.3 is 5.97 Å². The van der Waals surface area contributed by atoms with E-state index in [0.717, 1.165) is 5.56 Å². The smallest absolute Gasteiger partial charge is 0.336 e. The molecule has 4 nitrogen and oxygen atoms in total. The van der Waals surface area contributed by atoms with Gasteiger partial charge in [-0.1, -0.05) is 18.7 Å². The zero-order valence-electron chi connectivity index (χ0n) is 10.8. The highest BCUT2D eigenvalue weighted by Crippen LogP contribution is 2.14. The lowest BCUT2D eigenvalue weighted by Crippen LogP contribution is -2.13. The maximum atomic E-state index is 11.3. The van der Waals surface area contributed by atoms with E-state index < -0.39 is 5.97 Å². The van der Waals surface area contributed by atoms with Gasteiger partial charge in [0.1, 0.15) is 12.4 Å². The maximum Gasteiger partial charge on any atom is 0.336 e. The van der Waals surface area contributed by atoms with E-state index in [1.165, 1.54) is 0 Å². The van der Waals surface area contributed by atoms with E-state index in [1.54, 1.807) is 14.0 Å². The first-order valence-corrected chi connectivity index (χ1v) is 5.73. The molecule has 0 saturated carbocycles. The van der Waals surface area contributed by atoms with Gasteiger partial charge in [-0.2, -0.15) is 0 Å². The number of methoxy groups -OCH3 is 1. The summed E-state index contributed by atoms with van der Waals surface area (Å²) in [5.41, 5.74) is 1.31. The van der Waals surface area contributed by atoms with Crippen LogP contribution in [0.25, 0.3) is 0 Å². The minimum absolute atomic E-state index is 0.120. The zero-order chi connectivity index (χ0) is 13.4. The molecule has 0 fully saturated rings. The Hall–Kier alpha value is -1.81. The Morgan fingerprint density at radius 2 is 2.17 bits per heavy atom. The predicted molar refractivity (Wildman–Crippen MR) is 68.4 cm³/mol. The molecule has 4 heteroatoms. The van der Waals surface area contributed by atoms with Crippen LogP contribution in [-0.2, 0) is 20.9 Å². The summed E-state index contributed by atoms with van der Waals surface area (Å²) >= 11 is 0. The summed E-state index contributed by atoms with van der Waals surface area (Å²) in [4.78, 5) is 11.3. The van der Waals surface area contributed by atoms with E-state index in [1.807, 2.05) is 24.3 Å². The van der Waals surface area contributed by atoms with Gasteiger partial charge in [0.25, 0.3) is 0 Å². The summed E-state index contributed by atoms with van der Waals surface area (Å²) in [6.45, 7) is 6.35. The Morgan fingerprint density at radius 3 is 2.83 bits per heavy atom. The minimum Gasteiger partial charge on any atom is -0.489 e. The van der Waals surface area contributed by atoms with Crippen LogP contribution in [-0.4, -0.2) is 26.3 Å². The number of carbonyl (C=O) groups excluding carboxylic acids is 1. The molecule has 0 aliphatic heterocycles. The molecule has 0 bridgehead atoms. The Balaban J connectivity index is 2.50. The van der Waals surface area contributed by atoms with E-state index in [-0.39, 0.29) is 6.61 Å². The average Bonchev–Trinajstić information content (AvgIpc) is 2.37. The second kappa shape index (κ2) is 7.50. The molecule has 0 saturated heterocycles. The summed E-state index contributed by atoms with van der Waals surface area (Å²) in [5, 5.41) is 0. The molecule has 0 aliphatic carbocycles. The normalized spacial score (nSPS) is 9.89. The number of hydrogen-bond acceptors (Lipinski definition) is 4. The number of esters is 1. The molecular weight excluding hydrogens is 232 g/mol. The molecule has 0 aromatic heterocycles. The van der Waals surface area contributed by atoms with Gasteiger partial charge in [-0.25, -0.2) is 4.79 Å². The van der Waals surface area contributed by atoms with Crippen molar-refractivity contribution in [2.24, 2.45) is 0 Å². The maximum absolute atomic E-state index is 11.3. The Labute approximate surface area is 107 Å². The fraction of sp³-hybridized carbons (Fsp3) is 0.357. The first kappa shape index (κ1) is 14.3. The van der Waals surface area contributed by atoms with Crippen molar-refractivity contribution in [1.82, 2.24) is 0 Å². The fourth-order valence-corrected chi connectivity index (χ4v) is 1.35. The minimum atomic E-state index is -0.425. The lowest BCUT2D eigenvalue weighted by atomic mass is 10.2. The largest absolute Gasteiger partial charge is 0.489 e. The van der Waals surface area contributed by atoms with Gasteiger partial charge in [-0.15, -0.1) is 0 Å². The Kier molecular flexibility index (Phi) is 5.94. The van der Waals surface area contributed by atoms with Gasteiger partial charge in [0.15, 0.2) is 0 Å². The van der Waals surface area contributed by atoms with Gasteiger partial charge in [0.05, 0.1) is 18.8 Å². The van der Waals surface area contributed by atoms with Crippen LogP contribution < -0.4 is 4.74 Å². The monoisotopic (exact) mass is 250 g/mol. The topological polar surface area (TPSA) is 44.8 Å². The van der Waals surface area contributed by atoms with Crippen LogP contribution in [0.2, 0.25) is 0 Å². The second-order valence-corrected chi connectivity index (χ2v) is 3.69. The third-order valence-corrected chi connectivity index (χ3v) is 2.19. The number of ether oxygens (including phenoxy) is 3. The van der Waals surface area contributed by atoms with E-state index in [4.69, 9.17) is 14.2 Å². The van der Waals surface area contributed by atoms with Crippen molar-refractivity contribution in [2.45, 2.75) is 13.5 Å². The highest BCUT2D eigenvalue weighted by atomic mass is 16.5. The van der Waals surface area contributed by atoms with Gasteiger partial charge in [-0.3, -0.25) is 0 Å². The molecule has 0 N–H and O–H groups in total. The summed E-state index contributed by atoms with van der Waals surface area (Å²) in [7, 11) is 1.64. The highest BCUT2D eigenvalue weighted by Gasteiger charge is 2.08. The van der Waals surface area contributed by atoms with Crippen LogP contribution >= 0.6 is 0 Å². The molecule has 1 rings (SSSR count). The molecule has 0 atom stereocenters. The van der Waals surface area contributed by atoms with Crippen molar-refractivity contribution in [3.8, 4) is 5.75 Å². The van der Waals surface area contributed by atoms with E-state index >= 15 is 0 Å². The van der Waals surface area contributed by atoms with Crippen molar-refractivity contribution in [3.63, 3.8) is 0 Å². The zero-order valence-corrected chi connectivity index (χ0v) is 10.8. The molecule has 0 heterocycles. The van der Waals surface area contributed by atoms with Gasteiger partial charge in [0, 0.05) is 7.11 Å². The van der Waals surface area contributed by atoms with Crippen molar-refractivity contribution < 1.29 is 19.0 Å². The van der Waals surface area contributed by atoms with Crippen LogP contribution in [0, 0.1) is 0 Å². The molecule has 98 valence electrons. The Bertz CT molecular complexity index is 412. The summed E-state index contributed by atoms with van der Waals surface area (Å²) in [5.74, 6) is 0.251. The summed E-state index contributed by atoms with van der Waals surface area (Å²) in [6.07, 6.45) is 0. The van der Waals surface area contributed by atoms with Gasteiger partial charge < -0.3 is 14.2 Å². The molecule has 0 amide bonds. The lowest BCUT2D eigenvalue weighted by Gasteiger charge is -2.09. The molecule has 0 spiro atoms. The number of benzene rings is 1. The summed E-state index contributed by atoms with van der Waals surface area (Å²) < 4.78 is 15.3. The molecule has 18 heavy (non-hydrogen) atoms.